The lowest BCUT2D eigenvalue weighted by atomic mass is 10.3. The first kappa shape index (κ1) is 11.9. The van der Waals surface area contributed by atoms with Crippen molar-refractivity contribution in [1.29, 1.82) is 0 Å². The van der Waals surface area contributed by atoms with Gasteiger partial charge in [0.15, 0.2) is 0 Å². The van der Waals surface area contributed by atoms with E-state index in [1.165, 1.54) is 6.42 Å². The van der Waals surface area contributed by atoms with Gasteiger partial charge in [-0.2, -0.15) is 0 Å². The zero-order valence-corrected chi connectivity index (χ0v) is 6.32. The Kier molecular flexibility index (Phi) is 20.9. The van der Waals surface area contributed by atoms with Crippen LogP contribution in [0.3, 0.4) is 0 Å². The molecule has 0 fully saturated rings. The molecule has 0 aliphatic rings. The number of hydrogen-bond acceptors (Lipinski definition) is 2. The molecule has 0 amide bonds. The lowest BCUT2D eigenvalue weighted by Gasteiger charge is -1.90. The molecule has 0 heterocycles. The molecule has 9 heavy (non-hydrogen) atoms. The van der Waals surface area contributed by atoms with Crippen molar-refractivity contribution in [2.75, 3.05) is 6.61 Å². The standard InChI is InChI=1S/C5H12O2.CCl/c1-2-3-4-5-7-6;1-2/h6H,2-5H2,1H3;. The molecular weight excluding hydrogens is 140 g/mol. The third-order valence-electron chi connectivity index (χ3n) is 0.839. The molecule has 3 heteroatoms. The number of halogens is 1. The van der Waals surface area contributed by atoms with Gasteiger partial charge in [0.1, 0.15) is 6.38 Å². The summed E-state index contributed by atoms with van der Waals surface area (Å²) in [4.78, 5) is 3.84. The zero-order chi connectivity index (χ0) is 7.54. The van der Waals surface area contributed by atoms with Gasteiger partial charge in [-0.3, -0.25) is 5.26 Å². The molecule has 2 nitrogen and oxygen atoms in total. The molecule has 0 rings (SSSR count). The summed E-state index contributed by atoms with van der Waals surface area (Å²) in [6, 6.07) is 0. The van der Waals surface area contributed by atoms with Crippen LogP contribution in [0.2, 0.25) is 0 Å². The van der Waals surface area contributed by atoms with E-state index in [0.29, 0.717) is 6.61 Å². The fraction of sp³-hybridized carbons (Fsp3) is 0.833. The SMILES string of the molecule is CCCCCOO.[C]Cl. The maximum atomic E-state index is 7.79. The van der Waals surface area contributed by atoms with E-state index in [2.05, 4.69) is 23.4 Å². The maximum Gasteiger partial charge on any atom is 0.113 e. The summed E-state index contributed by atoms with van der Waals surface area (Å²) in [5.41, 5.74) is 0. The monoisotopic (exact) mass is 151 g/mol. The van der Waals surface area contributed by atoms with Crippen molar-refractivity contribution in [3.05, 3.63) is 6.38 Å². The maximum absolute atomic E-state index is 7.79. The lowest BCUT2D eigenvalue weighted by molar-refractivity contribution is -0.242. The molecule has 0 saturated heterocycles. The number of unbranched alkanes of at least 4 members (excludes halogenated alkanes) is 2. The Hall–Kier alpha value is 0.210. The molecule has 0 aromatic carbocycles. The van der Waals surface area contributed by atoms with Gasteiger partial charge >= 0.3 is 0 Å². The highest BCUT2D eigenvalue weighted by Gasteiger charge is 1.81. The van der Waals surface area contributed by atoms with Gasteiger partial charge in [-0.15, -0.1) is 11.6 Å². The van der Waals surface area contributed by atoms with E-state index in [1.807, 2.05) is 0 Å². The molecule has 0 bridgehead atoms. The normalized spacial score (nSPS) is 8.00. The van der Waals surface area contributed by atoms with Crippen molar-refractivity contribution in [2.45, 2.75) is 26.2 Å². The lowest BCUT2D eigenvalue weighted by Crippen LogP contribution is -1.86. The Balaban J connectivity index is 0. The van der Waals surface area contributed by atoms with Gasteiger partial charge in [0.2, 0.25) is 0 Å². The molecule has 0 saturated carbocycles. The minimum atomic E-state index is 0.480. The third-order valence-corrected chi connectivity index (χ3v) is 0.839. The van der Waals surface area contributed by atoms with Gasteiger partial charge in [0.25, 0.3) is 0 Å². The first-order valence-corrected chi connectivity index (χ1v) is 3.25. The van der Waals surface area contributed by atoms with Gasteiger partial charge in [-0.25, -0.2) is 4.89 Å². The molecule has 0 aromatic rings. The van der Waals surface area contributed by atoms with E-state index < -0.39 is 0 Å². The van der Waals surface area contributed by atoms with E-state index in [-0.39, 0.29) is 0 Å². The van der Waals surface area contributed by atoms with Crippen LogP contribution in [0, 0.1) is 6.38 Å². The van der Waals surface area contributed by atoms with Crippen LogP contribution in [0.1, 0.15) is 26.2 Å². The van der Waals surface area contributed by atoms with Crippen molar-refractivity contribution in [2.24, 2.45) is 0 Å². The largest absolute Gasteiger partial charge is 0.252 e. The minimum Gasteiger partial charge on any atom is -0.252 e. The van der Waals surface area contributed by atoms with Gasteiger partial charge in [0.05, 0.1) is 6.61 Å². The molecular formula is C6H12ClO2. The van der Waals surface area contributed by atoms with Gasteiger partial charge < -0.3 is 0 Å². The van der Waals surface area contributed by atoms with Crippen molar-refractivity contribution < 1.29 is 10.1 Å². The van der Waals surface area contributed by atoms with Crippen molar-refractivity contribution in [1.82, 2.24) is 0 Å². The Morgan fingerprint density at radius 2 is 2.00 bits per heavy atom. The highest BCUT2D eigenvalue weighted by molar-refractivity contribution is 6.19. The first-order chi connectivity index (χ1) is 4.41. The minimum absolute atomic E-state index is 0.480. The fourth-order valence-corrected chi connectivity index (χ4v) is 0.417. The van der Waals surface area contributed by atoms with Crippen LogP contribution < -0.4 is 0 Å². The van der Waals surface area contributed by atoms with E-state index in [1.54, 1.807) is 0 Å². The average molecular weight is 152 g/mol. The molecule has 0 atom stereocenters. The molecule has 55 valence electrons. The summed E-state index contributed by atoms with van der Waals surface area (Å²) < 4.78 is 0. The highest BCUT2D eigenvalue weighted by atomic mass is 35.5. The molecule has 0 aliphatic heterocycles. The smallest absolute Gasteiger partial charge is 0.113 e. The van der Waals surface area contributed by atoms with Crippen LogP contribution in [-0.2, 0) is 4.89 Å². The van der Waals surface area contributed by atoms with E-state index in [0.717, 1.165) is 12.8 Å². The molecule has 3 radical (unpaired) electrons. The predicted octanol–water partition coefficient (Wildman–Crippen LogP) is 2.44. The molecule has 0 unspecified atom stereocenters. The summed E-state index contributed by atoms with van der Waals surface area (Å²) in [5.74, 6) is 0. The second-order valence-electron chi connectivity index (χ2n) is 1.54. The summed E-state index contributed by atoms with van der Waals surface area (Å²) >= 11 is 3.89. The highest BCUT2D eigenvalue weighted by Crippen LogP contribution is 1.91. The van der Waals surface area contributed by atoms with Crippen molar-refractivity contribution in [3.63, 3.8) is 0 Å². The Labute approximate surface area is 61.7 Å². The van der Waals surface area contributed by atoms with Gasteiger partial charge in [-0.05, 0) is 6.42 Å². The Morgan fingerprint density at radius 1 is 1.44 bits per heavy atom. The molecule has 0 aromatic heterocycles. The molecule has 1 N–H and O–H groups in total. The second-order valence-corrected chi connectivity index (χ2v) is 1.54. The summed E-state index contributed by atoms with van der Waals surface area (Å²) in [6.07, 6.45) is 8.50. The van der Waals surface area contributed by atoms with Crippen LogP contribution in [0.5, 0.6) is 0 Å². The quantitative estimate of drug-likeness (QED) is 0.380. The number of rotatable bonds is 4. The van der Waals surface area contributed by atoms with Crippen LogP contribution in [0.4, 0.5) is 0 Å². The summed E-state index contributed by atoms with van der Waals surface area (Å²) in [6.45, 7) is 2.59. The topological polar surface area (TPSA) is 29.5 Å². The third kappa shape index (κ3) is 17.9. The van der Waals surface area contributed by atoms with Crippen LogP contribution in [-0.4, -0.2) is 11.9 Å². The number of hydrogen-bond donors (Lipinski definition) is 1. The van der Waals surface area contributed by atoms with E-state index in [4.69, 9.17) is 11.6 Å². The van der Waals surface area contributed by atoms with Crippen LogP contribution in [0.25, 0.3) is 0 Å². The van der Waals surface area contributed by atoms with E-state index in [9.17, 15) is 0 Å². The fourth-order valence-electron chi connectivity index (χ4n) is 0.417. The van der Waals surface area contributed by atoms with Crippen LogP contribution in [0.15, 0.2) is 0 Å². The first-order valence-electron chi connectivity index (χ1n) is 2.87. The van der Waals surface area contributed by atoms with Crippen molar-refractivity contribution in [3.8, 4) is 0 Å². The van der Waals surface area contributed by atoms with Gasteiger partial charge in [-0.1, -0.05) is 19.8 Å². The van der Waals surface area contributed by atoms with Crippen LogP contribution >= 0.6 is 11.6 Å². The van der Waals surface area contributed by atoms with Gasteiger partial charge in [0, 0.05) is 0 Å². The summed E-state index contributed by atoms with van der Waals surface area (Å²) in [5, 5.41) is 7.79. The average Bonchev–Trinajstić information content (AvgIpc) is 1.94. The Morgan fingerprint density at radius 3 is 2.33 bits per heavy atom. The predicted molar refractivity (Wildman–Crippen MR) is 37.2 cm³/mol. The molecule has 0 aliphatic carbocycles. The second kappa shape index (κ2) is 15.7. The zero-order valence-electron chi connectivity index (χ0n) is 5.56. The Bertz CT molecular complexity index is 30.2. The van der Waals surface area contributed by atoms with E-state index >= 15 is 0 Å². The summed E-state index contributed by atoms with van der Waals surface area (Å²) in [7, 11) is 0. The van der Waals surface area contributed by atoms with Crippen molar-refractivity contribution >= 4 is 11.6 Å². The molecule has 0 spiro atoms.